The van der Waals surface area contributed by atoms with E-state index in [0.29, 0.717) is 6.61 Å². The number of benzene rings is 1. The fourth-order valence-corrected chi connectivity index (χ4v) is 3.08. The molecule has 0 radical (unpaired) electrons. The average Bonchev–Trinajstić information content (AvgIpc) is 2.61. The molecular weight excluding hydrogens is 274 g/mol. The summed E-state index contributed by atoms with van der Waals surface area (Å²) in [5.41, 5.74) is 3.43. The van der Waals surface area contributed by atoms with Crippen LogP contribution in [0.3, 0.4) is 0 Å². The van der Waals surface area contributed by atoms with E-state index < -0.39 is 0 Å². The minimum absolute atomic E-state index is 0.221. The van der Waals surface area contributed by atoms with Gasteiger partial charge in [-0.1, -0.05) is 42.5 Å². The molecule has 0 saturated carbocycles. The largest absolute Gasteiger partial charge is 0.444 e. The summed E-state index contributed by atoms with van der Waals surface area (Å²) in [6, 6.07) is 9.84. The molecule has 0 bridgehead atoms. The van der Waals surface area contributed by atoms with E-state index in [9.17, 15) is 4.79 Å². The summed E-state index contributed by atoms with van der Waals surface area (Å²) in [4.78, 5) is 14.3. The van der Waals surface area contributed by atoms with Gasteiger partial charge >= 0.3 is 6.09 Å². The molecule has 0 saturated heterocycles. The summed E-state index contributed by atoms with van der Waals surface area (Å²) in [5.74, 6) is 0. The van der Waals surface area contributed by atoms with Crippen LogP contribution in [0.15, 0.2) is 53.8 Å². The molecule has 0 unspecified atom stereocenters. The van der Waals surface area contributed by atoms with Crippen LogP contribution >= 0.6 is 0 Å². The molecule has 1 aromatic carbocycles. The Morgan fingerprint density at radius 1 is 1.05 bits per heavy atom. The Morgan fingerprint density at radius 3 is 2.64 bits per heavy atom. The molecule has 2 aliphatic rings. The maximum atomic E-state index is 12.5. The molecule has 1 aromatic rings. The van der Waals surface area contributed by atoms with Gasteiger partial charge in [0.15, 0.2) is 0 Å². The molecule has 1 heterocycles. The van der Waals surface area contributed by atoms with Crippen molar-refractivity contribution in [2.45, 2.75) is 45.1 Å². The molecule has 3 nitrogen and oxygen atoms in total. The van der Waals surface area contributed by atoms with Crippen molar-refractivity contribution in [1.29, 1.82) is 0 Å². The van der Waals surface area contributed by atoms with Crippen LogP contribution in [0.25, 0.3) is 0 Å². The highest BCUT2D eigenvalue weighted by atomic mass is 16.6. The topological polar surface area (TPSA) is 29.5 Å². The highest BCUT2D eigenvalue weighted by Crippen LogP contribution is 2.29. The maximum Gasteiger partial charge on any atom is 0.414 e. The van der Waals surface area contributed by atoms with E-state index in [-0.39, 0.29) is 6.09 Å². The zero-order valence-electron chi connectivity index (χ0n) is 13.0. The van der Waals surface area contributed by atoms with Gasteiger partial charge in [-0.3, -0.25) is 4.90 Å². The Labute approximate surface area is 132 Å². The molecule has 0 N–H and O–H groups in total. The third-order valence-corrected chi connectivity index (χ3v) is 4.26. The smallest absolute Gasteiger partial charge is 0.414 e. The van der Waals surface area contributed by atoms with E-state index in [1.807, 2.05) is 35.2 Å². The van der Waals surface area contributed by atoms with Gasteiger partial charge in [0.2, 0.25) is 0 Å². The first-order valence-corrected chi connectivity index (χ1v) is 8.22. The van der Waals surface area contributed by atoms with Gasteiger partial charge < -0.3 is 4.74 Å². The molecule has 0 atom stereocenters. The molecular formula is C19H23NO2. The molecule has 1 aliphatic carbocycles. The molecule has 0 fully saturated rings. The first kappa shape index (κ1) is 14.9. The van der Waals surface area contributed by atoms with Crippen molar-refractivity contribution in [3.05, 3.63) is 59.3 Å². The first-order valence-electron chi connectivity index (χ1n) is 8.22. The van der Waals surface area contributed by atoms with Gasteiger partial charge in [-0.15, -0.1) is 0 Å². The fourth-order valence-electron chi connectivity index (χ4n) is 3.08. The predicted octanol–water partition coefficient (Wildman–Crippen LogP) is 4.80. The third-order valence-electron chi connectivity index (χ3n) is 4.26. The van der Waals surface area contributed by atoms with Crippen LogP contribution in [0.5, 0.6) is 0 Å². The third kappa shape index (κ3) is 3.59. The Hall–Kier alpha value is -2.03. The van der Waals surface area contributed by atoms with Gasteiger partial charge in [0.25, 0.3) is 0 Å². The number of ether oxygens (including phenoxy) is 1. The summed E-state index contributed by atoms with van der Waals surface area (Å²) >= 11 is 0. The maximum absolute atomic E-state index is 12.5. The van der Waals surface area contributed by atoms with Crippen LogP contribution < -0.4 is 0 Å². The van der Waals surface area contributed by atoms with Crippen molar-refractivity contribution in [3.63, 3.8) is 0 Å². The van der Waals surface area contributed by atoms with Crippen molar-refractivity contribution in [1.82, 2.24) is 4.90 Å². The van der Waals surface area contributed by atoms with Crippen LogP contribution in [0, 0.1) is 0 Å². The number of amides is 1. The quantitative estimate of drug-likeness (QED) is 0.801. The van der Waals surface area contributed by atoms with E-state index in [1.165, 1.54) is 18.4 Å². The molecule has 116 valence electrons. The van der Waals surface area contributed by atoms with Crippen molar-refractivity contribution in [3.8, 4) is 0 Å². The minimum Gasteiger partial charge on any atom is -0.444 e. The standard InChI is InChI=1S/C19H23NO2/c21-19(22-15-16-9-3-1-4-10-16)20-14-8-7-13-18(20)17-11-5-2-6-12-17/h1,3-4,9-11,13H,2,5-8,12,14-15H2. The average molecular weight is 297 g/mol. The van der Waals surface area contributed by atoms with Crippen molar-refractivity contribution in [2.24, 2.45) is 0 Å². The summed E-state index contributed by atoms with van der Waals surface area (Å²) in [7, 11) is 0. The summed E-state index contributed by atoms with van der Waals surface area (Å²) in [5, 5.41) is 0. The summed E-state index contributed by atoms with van der Waals surface area (Å²) in [6.07, 6.45) is 11.0. The predicted molar refractivity (Wildman–Crippen MR) is 87.2 cm³/mol. The van der Waals surface area contributed by atoms with Gasteiger partial charge in [0.05, 0.1) is 0 Å². The highest BCUT2D eigenvalue weighted by Gasteiger charge is 2.24. The van der Waals surface area contributed by atoms with Crippen LogP contribution in [0.4, 0.5) is 4.79 Å². The number of carbonyl (C=O) groups is 1. The molecule has 1 aliphatic heterocycles. The van der Waals surface area contributed by atoms with E-state index in [4.69, 9.17) is 4.74 Å². The van der Waals surface area contributed by atoms with Crippen LogP contribution in [0.1, 0.15) is 44.1 Å². The summed E-state index contributed by atoms with van der Waals surface area (Å²) < 4.78 is 5.51. The van der Waals surface area contributed by atoms with Crippen molar-refractivity contribution >= 4 is 6.09 Å². The Morgan fingerprint density at radius 2 is 1.86 bits per heavy atom. The monoisotopic (exact) mass is 297 g/mol. The normalized spacial score (nSPS) is 18.5. The molecule has 22 heavy (non-hydrogen) atoms. The van der Waals surface area contributed by atoms with Crippen molar-refractivity contribution in [2.75, 3.05) is 6.54 Å². The molecule has 0 spiro atoms. The SMILES string of the molecule is O=C(OCc1ccccc1)N1CCCC=C1C1=CCCCC1. The van der Waals surface area contributed by atoms with Gasteiger partial charge in [0, 0.05) is 12.2 Å². The van der Waals surface area contributed by atoms with Crippen LogP contribution in [-0.4, -0.2) is 17.5 Å². The van der Waals surface area contributed by atoms with E-state index in [2.05, 4.69) is 12.2 Å². The number of hydrogen-bond acceptors (Lipinski definition) is 2. The van der Waals surface area contributed by atoms with Gasteiger partial charge in [-0.05, 0) is 49.7 Å². The number of hydrogen-bond donors (Lipinski definition) is 0. The second-order valence-electron chi connectivity index (χ2n) is 5.90. The zero-order chi connectivity index (χ0) is 15.2. The molecule has 3 rings (SSSR count). The first-order chi connectivity index (χ1) is 10.8. The van der Waals surface area contributed by atoms with Gasteiger partial charge in [-0.2, -0.15) is 0 Å². The highest BCUT2D eigenvalue weighted by molar-refractivity contribution is 5.71. The molecule has 0 aromatic heterocycles. The second-order valence-corrected chi connectivity index (χ2v) is 5.90. The van der Waals surface area contributed by atoms with E-state index in [1.54, 1.807) is 0 Å². The van der Waals surface area contributed by atoms with Crippen LogP contribution in [0.2, 0.25) is 0 Å². The number of nitrogens with zero attached hydrogens (tertiary/aromatic N) is 1. The second kappa shape index (κ2) is 7.30. The van der Waals surface area contributed by atoms with E-state index >= 15 is 0 Å². The fraction of sp³-hybridized carbons (Fsp3) is 0.421. The lowest BCUT2D eigenvalue weighted by Gasteiger charge is -2.30. The van der Waals surface area contributed by atoms with Gasteiger partial charge in [-0.25, -0.2) is 4.79 Å². The lowest BCUT2D eigenvalue weighted by molar-refractivity contribution is 0.105. The lowest BCUT2D eigenvalue weighted by Crippen LogP contribution is -2.34. The van der Waals surface area contributed by atoms with Gasteiger partial charge in [0.1, 0.15) is 6.61 Å². The lowest BCUT2D eigenvalue weighted by atomic mass is 9.94. The molecule has 1 amide bonds. The molecule has 3 heteroatoms. The Balaban J connectivity index is 1.66. The zero-order valence-corrected chi connectivity index (χ0v) is 13.0. The van der Waals surface area contributed by atoms with E-state index in [0.717, 1.165) is 43.5 Å². The number of rotatable bonds is 3. The van der Waals surface area contributed by atoms with Crippen molar-refractivity contribution < 1.29 is 9.53 Å². The number of carbonyl (C=O) groups excluding carboxylic acids is 1. The number of allylic oxidation sites excluding steroid dienone is 3. The van der Waals surface area contributed by atoms with Crippen LogP contribution in [-0.2, 0) is 11.3 Å². The minimum atomic E-state index is -0.221. The Kier molecular flexibility index (Phi) is 4.94. The Bertz CT molecular complexity index is 574. The summed E-state index contributed by atoms with van der Waals surface area (Å²) in [6.45, 7) is 1.10.